The molecule has 2 rings (SSSR count). The summed E-state index contributed by atoms with van der Waals surface area (Å²) in [4.78, 5) is 17.2. The van der Waals surface area contributed by atoms with Gasteiger partial charge in [0.2, 0.25) is 0 Å². The Morgan fingerprint density at radius 1 is 1.26 bits per heavy atom. The number of benzene rings is 1. The van der Waals surface area contributed by atoms with Crippen LogP contribution in [0.1, 0.15) is 12.5 Å². The average Bonchev–Trinajstić information content (AvgIpc) is 2.58. The van der Waals surface area contributed by atoms with Gasteiger partial charge in [0.05, 0.1) is 5.71 Å². The van der Waals surface area contributed by atoms with Crippen molar-refractivity contribution in [3.05, 3.63) is 54.2 Å². The van der Waals surface area contributed by atoms with Gasteiger partial charge in [-0.05, 0) is 31.2 Å². The maximum absolute atomic E-state index is 11.6. The number of anilines is 1. The number of hydrogen-bond donors (Lipinski definition) is 1. The van der Waals surface area contributed by atoms with Crippen LogP contribution in [0, 0.1) is 0 Å². The van der Waals surface area contributed by atoms with Crippen molar-refractivity contribution < 1.29 is 9.53 Å². The smallest absolute Gasteiger partial charge is 0.259 e. The topological polar surface area (TPSA) is 66.8 Å². The van der Waals surface area contributed by atoms with E-state index in [-0.39, 0.29) is 12.5 Å². The van der Waals surface area contributed by atoms with E-state index < -0.39 is 0 Å². The summed E-state index contributed by atoms with van der Waals surface area (Å²) >= 11 is 0. The zero-order chi connectivity index (χ0) is 16.7. The zero-order valence-electron chi connectivity index (χ0n) is 13.5. The summed E-state index contributed by atoms with van der Waals surface area (Å²) in [5.74, 6) is 1.22. The molecule has 1 amide bonds. The first-order valence-electron chi connectivity index (χ1n) is 7.21. The van der Waals surface area contributed by atoms with Crippen LogP contribution in [0.3, 0.4) is 0 Å². The third-order valence-electron chi connectivity index (χ3n) is 3.12. The van der Waals surface area contributed by atoms with Gasteiger partial charge in [0.1, 0.15) is 11.6 Å². The van der Waals surface area contributed by atoms with Crippen LogP contribution in [0.25, 0.3) is 0 Å². The first kappa shape index (κ1) is 16.5. The fourth-order valence-electron chi connectivity index (χ4n) is 1.72. The number of carbonyl (C=O) groups excluding carboxylic acids is 1. The second kappa shape index (κ2) is 7.93. The Kier molecular flexibility index (Phi) is 5.68. The Bertz CT molecular complexity index is 684. The van der Waals surface area contributed by atoms with Crippen molar-refractivity contribution in [3.63, 3.8) is 0 Å². The third kappa shape index (κ3) is 5.10. The average molecular weight is 312 g/mol. The lowest BCUT2D eigenvalue weighted by molar-refractivity contribution is -0.130. The van der Waals surface area contributed by atoms with E-state index in [0.717, 1.165) is 11.3 Å². The van der Waals surface area contributed by atoms with Gasteiger partial charge in [-0.3, -0.25) is 10.2 Å². The first-order chi connectivity index (χ1) is 11.1. The predicted molar refractivity (Wildman–Crippen MR) is 90.7 cm³/mol. The van der Waals surface area contributed by atoms with Crippen LogP contribution >= 0.6 is 0 Å². The van der Waals surface area contributed by atoms with Crippen molar-refractivity contribution in [2.75, 3.05) is 26.1 Å². The van der Waals surface area contributed by atoms with Crippen LogP contribution in [0.15, 0.2) is 53.8 Å². The van der Waals surface area contributed by atoms with Gasteiger partial charge in [-0.25, -0.2) is 4.98 Å². The van der Waals surface area contributed by atoms with Crippen LogP contribution in [0.2, 0.25) is 0 Å². The third-order valence-corrected chi connectivity index (χ3v) is 3.12. The van der Waals surface area contributed by atoms with E-state index in [0.29, 0.717) is 11.6 Å². The normalized spacial score (nSPS) is 11.0. The van der Waals surface area contributed by atoms with Crippen molar-refractivity contribution >= 4 is 17.4 Å². The Labute approximate surface area is 135 Å². The quantitative estimate of drug-likeness (QED) is 0.657. The van der Waals surface area contributed by atoms with E-state index in [1.54, 1.807) is 20.3 Å². The Hall–Kier alpha value is -2.89. The highest BCUT2D eigenvalue weighted by atomic mass is 16.5. The van der Waals surface area contributed by atoms with E-state index in [1.807, 2.05) is 49.4 Å². The number of pyridine rings is 1. The minimum Gasteiger partial charge on any atom is -0.484 e. The number of likely N-dealkylation sites (N-methyl/N-ethyl adjacent to an activating group) is 1. The van der Waals surface area contributed by atoms with Crippen molar-refractivity contribution in [1.29, 1.82) is 0 Å². The molecule has 6 nitrogen and oxygen atoms in total. The molecule has 23 heavy (non-hydrogen) atoms. The minimum atomic E-state index is -0.0855. The molecule has 1 heterocycles. The highest BCUT2D eigenvalue weighted by Crippen LogP contribution is 2.14. The summed E-state index contributed by atoms with van der Waals surface area (Å²) in [5, 5.41) is 4.30. The molecule has 2 aromatic rings. The van der Waals surface area contributed by atoms with Crippen molar-refractivity contribution in [2.24, 2.45) is 5.10 Å². The SMILES string of the molecule is C/C(=N\Nc1ccccn1)c1cccc(OCC(=O)N(C)C)c1. The minimum absolute atomic E-state index is 0.0127. The van der Waals surface area contributed by atoms with E-state index in [4.69, 9.17) is 4.74 Å². The molecule has 0 aliphatic rings. The molecular formula is C17H20N4O2. The number of aromatic nitrogens is 1. The van der Waals surface area contributed by atoms with Crippen LogP contribution in [-0.4, -0.2) is 42.2 Å². The largest absolute Gasteiger partial charge is 0.484 e. The van der Waals surface area contributed by atoms with Crippen LogP contribution in [0.4, 0.5) is 5.82 Å². The Balaban J connectivity index is 2.02. The van der Waals surface area contributed by atoms with E-state index in [1.165, 1.54) is 4.90 Å². The Morgan fingerprint density at radius 3 is 2.78 bits per heavy atom. The number of nitrogens with zero attached hydrogens (tertiary/aromatic N) is 3. The molecule has 0 spiro atoms. The lowest BCUT2D eigenvalue weighted by atomic mass is 10.1. The maximum Gasteiger partial charge on any atom is 0.259 e. The molecule has 1 N–H and O–H groups in total. The molecule has 0 saturated carbocycles. The first-order valence-corrected chi connectivity index (χ1v) is 7.21. The second-order valence-electron chi connectivity index (χ2n) is 5.13. The standard InChI is InChI=1S/C17H20N4O2/c1-13(19-20-16-9-4-5-10-18-16)14-7-6-8-15(11-14)23-12-17(22)21(2)3/h4-11H,12H2,1-3H3,(H,18,20)/b19-13+. The van der Waals surface area contributed by atoms with E-state index in [9.17, 15) is 4.79 Å². The monoisotopic (exact) mass is 312 g/mol. The highest BCUT2D eigenvalue weighted by molar-refractivity contribution is 5.99. The summed E-state index contributed by atoms with van der Waals surface area (Å²) < 4.78 is 5.50. The molecule has 0 aliphatic heterocycles. The number of rotatable bonds is 6. The van der Waals surface area contributed by atoms with Gasteiger partial charge in [0.15, 0.2) is 6.61 Å². The second-order valence-corrected chi connectivity index (χ2v) is 5.13. The van der Waals surface area contributed by atoms with Gasteiger partial charge in [0.25, 0.3) is 5.91 Å². The van der Waals surface area contributed by atoms with Gasteiger partial charge in [-0.2, -0.15) is 5.10 Å². The molecule has 6 heteroatoms. The molecule has 0 radical (unpaired) electrons. The molecule has 0 fully saturated rings. The molecule has 0 unspecified atom stereocenters. The zero-order valence-corrected chi connectivity index (χ0v) is 13.5. The number of carbonyl (C=O) groups is 1. The molecule has 0 saturated heterocycles. The van der Waals surface area contributed by atoms with Crippen molar-refractivity contribution in [2.45, 2.75) is 6.92 Å². The van der Waals surface area contributed by atoms with Gasteiger partial charge in [0, 0.05) is 25.9 Å². The summed E-state index contributed by atoms with van der Waals surface area (Å²) in [6, 6.07) is 13.0. The molecule has 1 aromatic carbocycles. The van der Waals surface area contributed by atoms with Crippen LogP contribution in [-0.2, 0) is 4.79 Å². The van der Waals surface area contributed by atoms with Crippen molar-refractivity contribution in [3.8, 4) is 5.75 Å². The van der Waals surface area contributed by atoms with Crippen LogP contribution < -0.4 is 10.2 Å². The molecule has 0 aliphatic carbocycles. The Morgan fingerprint density at radius 2 is 2.09 bits per heavy atom. The predicted octanol–water partition coefficient (Wildman–Crippen LogP) is 2.38. The molecule has 1 aromatic heterocycles. The maximum atomic E-state index is 11.6. The lowest BCUT2D eigenvalue weighted by Crippen LogP contribution is -2.27. The number of hydrazone groups is 1. The molecular weight excluding hydrogens is 292 g/mol. The van der Waals surface area contributed by atoms with Crippen molar-refractivity contribution in [1.82, 2.24) is 9.88 Å². The van der Waals surface area contributed by atoms with E-state index >= 15 is 0 Å². The summed E-state index contributed by atoms with van der Waals surface area (Å²) in [6.07, 6.45) is 1.70. The number of hydrogen-bond acceptors (Lipinski definition) is 5. The summed E-state index contributed by atoms with van der Waals surface area (Å²) in [6.45, 7) is 1.90. The number of amides is 1. The fraction of sp³-hybridized carbons (Fsp3) is 0.235. The van der Waals surface area contributed by atoms with Gasteiger partial charge in [-0.15, -0.1) is 0 Å². The van der Waals surface area contributed by atoms with Gasteiger partial charge >= 0.3 is 0 Å². The van der Waals surface area contributed by atoms with Gasteiger partial charge in [-0.1, -0.05) is 18.2 Å². The van der Waals surface area contributed by atoms with Crippen LogP contribution in [0.5, 0.6) is 5.75 Å². The number of ether oxygens (including phenoxy) is 1. The molecule has 0 atom stereocenters. The molecule has 0 bridgehead atoms. The molecule has 120 valence electrons. The van der Waals surface area contributed by atoms with Gasteiger partial charge < -0.3 is 9.64 Å². The lowest BCUT2D eigenvalue weighted by Gasteiger charge is -2.12. The van der Waals surface area contributed by atoms with E-state index in [2.05, 4.69) is 15.5 Å². The summed E-state index contributed by atoms with van der Waals surface area (Å²) in [7, 11) is 3.39. The highest BCUT2D eigenvalue weighted by Gasteiger charge is 2.06. The summed E-state index contributed by atoms with van der Waals surface area (Å²) in [5.41, 5.74) is 4.60. The number of nitrogens with one attached hydrogen (secondary N) is 1. The fourth-order valence-corrected chi connectivity index (χ4v) is 1.72.